The van der Waals surface area contributed by atoms with Gasteiger partial charge >= 0.3 is 0 Å². The summed E-state index contributed by atoms with van der Waals surface area (Å²) in [4.78, 5) is 4.11. The Morgan fingerprint density at radius 2 is 2.62 bits per heavy atom. The molecule has 1 rings (SSSR count). The molecule has 43 valence electrons. The molecule has 0 saturated heterocycles. The van der Waals surface area contributed by atoms with Gasteiger partial charge in [-0.2, -0.15) is 0 Å². The minimum Gasteiger partial charge on any atom is -0.233 e. The summed E-state index contributed by atoms with van der Waals surface area (Å²) in [5.41, 5.74) is 1.04. The van der Waals surface area contributed by atoms with Crippen LogP contribution in [-0.4, -0.2) is 4.98 Å². The lowest BCUT2D eigenvalue weighted by Crippen LogP contribution is -1.75. The van der Waals surface area contributed by atoms with Gasteiger partial charge in [0.25, 0.3) is 0 Å². The zero-order chi connectivity index (χ0) is 5.98. The smallest absolute Gasteiger partial charge is 0.159 e. The van der Waals surface area contributed by atoms with E-state index in [1.807, 2.05) is 0 Å². The first-order valence-electron chi connectivity index (χ1n) is 2.36. The Bertz CT molecular complexity index is 173. The molecule has 0 aliphatic rings. The van der Waals surface area contributed by atoms with Crippen molar-refractivity contribution in [2.24, 2.45) is 0 Å². The minimum atomic E-state index is 0.925. The highest BCUT2D eigenvalue weighted by Gasteiger charge is 1.93. The summed E-state index contributed by atoms with van der Waals surface area (Å²) in [5.74, 6) is 0. The Balaban J connectivity index is 2.84. The average molecular weight is 191 g/mol. The Morgan fingerprint density at radius 1 is 1.88 bits per heavy atom. The first-order valence-corrected chi connectivity index (χ1v) is 3.96. The Labute approximate surface area is 60.9 Å². The molecule has 0 aromatic carbocycles. The monoisotopic (exact) mass is 190 g/mol. The number of thiazole rings is 1. The molecule has 0 spiro atoms. The van der Waals surface area contributed by atoms with Crippen LogP contribution in [0.15, 0.2) is 3.92 Å². The number of nitrogens with zero attached hydrogens (tertiary/aromatic N) is 1. The van der Waals surface area contributed by atoms with Gasteiger partial charge in [-0.05, 0) is 22.4 Å². The van der Waals surface area contributed by atoms with Crippen LogP contribution in [0.2, 0.25) is 0 Å². The fourth-order valence-corrected chi connectivity index (χ4v) is 1.41. The van der Waals surface area contributed by atoms with Crippen molar-refractivity contribution in [3.63, 3.8) is 0 Å². The first kappa shape index (κ1) is 6.23. The van der Waals surface area contributed by atoms with Crippen molar-refractivity contribution in [2.75, 3.05) is 0 Å². The third kappa shape index (κ3) is 1.29. The molecular formula is C5H5BrNS. The van der Waals surface area contributed by atoms with E-state index in [0.29, 0.717) is 0 Å². The molecule has 0 amide bonds. The molecule has 3 heteroatoms. The van der Waals surface area contributed by atoms with E-state index in [-0.39, 0.29) is 0 Å². The van der Waals surface area contributed by atoms with Crippen LogP contribution in [0.3, 0.4) is 0 Å². The second kappa shape index (κ2) is 2.60. The van der Waals surface area contributed by atoms with E-state index >= 15 is 0 Å². The molecule has 8 heavy (non-hydrogen) atoms. The summed E-state index contributed by atoms with van der Waals surface area (Å²) in [6, 6.07) is 0. The minimum absolute atomic E-state index is 0.925. The number of rotatable bonds is 1. The van der Waals surface area contributed by atoms with Crippen molar-refractivity contribution in [3.8, 4) is 0 Å². The van der Waals surface area contributed by atoms with Gasteiger partial charge in [-0.15, -0.1) is 11.3 Å². The quantitative estimate of drug-likeness (QED) is 0.663. The van der Waals surface area contributed by atoms with Gasteiger partial charge in [0.2, 0.25) is 0 Å². The van der Waals surface area contributed by atoms with Crippen molar-refractivity contribution in [1.82, 2.24) is 4.98 Å². The number of hydrogen-bond acceptors (Lipinski definition) is 2. The van der Waals surface area contributed by atoms with Gasteiger partial charge in [-0.3, -0.25) is 0 Å². The number of hydrogen-bond donors (Lipinski definition) is 0. The second-order valence-corrected chi connectivity index (χ2v) is 3.44. The SMILES string of the molecule is CCc1[c]sc(Br)n1. The molecular weight excluding hydrogens is 186 g/mol. The van der Waals surface area contributed by atoms with Crippen LogP contribution in [0.1, 0.15) is 12.6 Å². The predicted molar refractivity (Wildman–Crippen MR) is 38.0 cm³/mol. The third-order valence-corrected chi connectivity index (χ3v) is 2.07. The van der Waals surface area contributed by atoms with Gasteiger partial charge in [-0.25, -0.2) is 4.98 Å². The van der Waals surface area contributed by atoms with Crippen LogP contribution < -0.4 is 0 Å². The molecule has 1 nitrogen and oxygen atoms in total. The van der Waals surface area contributed by atoms with Gasteiger partial charge in [0.05, 0.1) is 11.1 Å². The predicted octanol–water partition coefficient (Wildman–Crippen LogP) is 2.27. The highest BCUT2D eigenvalue weighted by atomic mass is 79.9. The summed E-state index contributed by atoms with van der Waals surface area (Å²) in [5, 5.41) is 3.04. The van der Waals surface area contributed by atoms with Crippen molar-refractivity contribution >= 4 is 27.3 Å². The van der Waals surface area contributed by atoms with E-state index in [4.69, 9.17) is 0 Å². The topological polar surface area (TPSA) is 12.9 Å². The average Bonchev–Trinajstić information content (AvgIpc) is 2.14. The summed E-state index contributed by atoms with van der Waals surface area (Å²) in [6.45, 7) is 2.07. The van der Waals surface area contributed by atoms with Gasteiger partial charge in [-0.1, -0.05) is 6.92 Å². The van der Waals surface area contributed by atoms with E-state index in [1.54, 1.807) is 0 Å². The van der Waals surface area contributed by atoms with Crippen molar-refractivity contribution in [1.29, 1.82) is 0 Å². The van der Waals surface area contributed by atoms with Crippen LogP contribution in [0.25, 0.3) is 0 Å². The van der Waals surface area contributed by atoms with Crippen LogP contribution in [-0.2, 0) is 6.42 Å². The lowest BCUT2D eigenvalue weighted by molar-refractivity contribution is 1.05. The van der Waals surface area contributed by atoms with Crippen molar-refractivity contribution in [3.05, 3.63) is 15.0 Å². The molecule has 1 aromatic heterocycles. The summed E-state index contributed by atoms with van der Waals surface area (Å²) in [6.07, 6.45) is 0.974. The number of halogens is 1. The van der Waals surface area contributed by atoms with Crippen LogP contribution in [0, 0.1) is 5.38 Å². The molecule has 0 N–H and O–H groups in total. The zero-order valence-corrected chi connectivity index (χ0v) is 6.84. The molecule has 0 atom stereocenters. The Morgan fingerprint density at radius 3 is 2.88 bits per heavy atom. The molecule has 0 aliphatic carbocycles. The zero-order valence-electron chi connectivity index (χ0n) is 4.44. The van der Waals surface area contributed by atoms with Crippen LogP contribution in [0.4, 0.5) is 0 Å². The first-order chi connectivity index (χ1) is 3.83. The Kier molecular flexibility index (Phi) is 2.02. The van der Waals surface area contributed by atoms with E-state index in [2.05, 4.69) is 33.2 Å². The van der Waals surface area contributed by atoms with E-state index in [0.717, 1.165) is 16.0 Å². The summed E-state index contributed by atoms with van der Waals surface area (Å²) < 4.78 is 0.925. The van der Waals surface area contributed by atoms with Crippen molar-refractivity contribution < 1.29 is 0 Å². The number of aryl methyl sites for hydroxylation is 1. The molecule has 1 radical (unpaired) electrons. The largest absolute Gasteiger partial charge is 0.233 e. The van der Waals surface area contributed by atoms with Gasteiger partial charge in [0.15, 0.2) is 3.92 Å². The van der Waals surface area contributed by atoms with Gasteiger partial charge in [0, 0.05) is 0 Å². The molecule has 1 heterocycles. The maximum absolute atomic E-state index is 4.11. The molecule has 0 saturated carbocycles. The standard InChI is InChI=1S/C5H5BrNS/c1-2-4-3-8-5(6)7-4/h2H2,1H3. The molecule has 0 bridgehead atoms. The van der Waals surface area contributed by atoms with Crippen LogP contribution in [0.5, 0.6) is 0 Å². The number of aromatic nitrogens is 1. The summed E-state index contributed by atoms with van der Waals surface area (Å²) in [7, 11) is 0. The molecule has 0 aliphatic heterocycles. The molecule has 1 aromatic rings. The van der Waals surface area contributed by atoms with E-state index in [9.17, 15) is 0 Å². The molecule has 0 fully saturated rings. The highest BCUT2D eigenvalue weighted by molar-refractivity contribution is 9.11. The fourth-order valence-electron chi connectivity index (χ4n) is 0.404. The van der Waals surface area contributed by atoms with Gasteiger partial charge < -0.3 is 0 Å². The fraction of sp³-hybridized carbons (Fsp3) is 0.400. The highest BCUT2D eigenvalue weighted by Crippen LogP contribution is 2.14. The lowest BCUT2D eigenvalue weighted by atomic mass is 10.4. The maximum atomic E-state index is 4.11. The summed E-state index contributed by atoms with van der Waals surface area (Å²) >= 11 is 4.76. The van der Waals surface area contributed by atoms with E-state index < -0.39 is 0 Å². The van der Waals surface area contributed by atoms with Crippen molar-refractivity contribution in [2.45, 2.75) is 13.3 Å². The Hall–Kier alpha value is 0.110. The van der Waals surface area contributed by atoms with Gasteiger partial charge in [0.1, 0.15) is 0 Å². The third-order valence-electron chi connectivity index (χ3n) is 0.811. The normalized spacial score (nSPS) is 9.75. The van der Waals surface area contributed by atoms with E-state index in [1.165, 1.54) is 11.3 Å². The maximum Gasteiger partial charge on any atom is 0.159 e. The second-order valence-electron chi connectivity index (χ2n) is 1.37. The van der Waals surface area contributed by atoms with Crippen LogP contribution >= 0.6 is 27.3 Å². The lowest BCUT2D eigenvalue weighted by Gasteiger charge is -1.78. The molecule has 0 unspecified atom stereocenters.